The van der Waals surface area contributed by atoms with E-state index >= 15 is 0 Å². The van der Waals surface area contributed by atoms with E-state index in [4.69, 9.17) is 16.3 Å². The molecule has 0 aliphatic rings. The highest BCUT2D eigenvalue weighted by atomic mass is 35.5. The first kappa shape index (κ1) is 20.4. The number of amides is 2. The number of halogens is 1. The topological polar surface area (TPSA) is 85.3 Å². The molecule has 1 heterocycles. The Kier molecular flexibility index (Phi) is 6.51. The molecule has 0 saturated carbocycles. The zero-order valence-electron chi connectivity index (χ0n) is 16.1. The number of carbonyl (C=O) groups is 2. The monoisotopic (exact) mass is 412 g/mol. The Balaban J connectivity index is 1.46. The van der Waals surface area contributed by atoms with E-state index in [1.807, 2.05) is 19.1 Å². The molecule has 0 fully saturated rings. The summed E-state index contributed by atoms with van der Waals surface area (Å²) in [4.78, 5) is 24.1. The number of aryl methyl sites for hydroxylation is 2. The number of benzene rings is 2. The SMILES string of the molecule is Cc1cc(C(=O)NCc2ccc(NC(=O)OCc3ccc(Cl)cc3)cc2)n(C)n1. The van der Waals surface area contributed by atoms with Crippen molar-refractivity contribution >= 4 is 29.3 Å². The van der Waals surface area contributed by atoms with E-state index in [2.05, 4.69) is 15.7 Å². The predicted octanol–water partition coefficient (Wildman–Crippen LogP) is 4.06. The average Bonchev–Trinajstić information content (AvgIpc) is 3.05. The molecule has 0 saturated heterocycles. The molecule has 0 atom stereocenters. The summed E-state index contributed by atoms with van der Waals surface area (Å²) in [6.07, 6.45) is -0.549. The van der Waals surface area contributed by atoms with Gasteiger partial charge in [-0.2, -0.15) is 5.10 Å². The normalized spacial score (nSPS) is 10.4. The van der Waals surface area contributed by atoms with Gasteiger partial charge in [0.15, 0.2) is 0 Å². The second-order valence-corrected chi connectivity index (χ2v) is 6.94. The number of nitrogens with zero attached hydrogens (tertiary/aromatic N) is 2. The summed E-state index contributed by atoms with van der Waals surface area (Å²) in [6, 6.07) is 16.0. The summed E-state index contributed by atoms with van der Waals surface area (Å²) < 4.78 is 6.73. The van der Waals surface area contributed by atoms with Crippen LogP contribution in [0.15, 0.2) is 54.6 Å². The Morgan fingerprint density at radius 3 is 2.34 bits per heavy atom. The zero-order valence-corrected chi connectivity index (χ0v) is 16.9. The lowest BCUT2D eigenvalue weighted by Crippen LogP contribution is -2.25. The summed E-state index contributed by atoms with van der Waals surface area (Å²) in [5, 5.41) is 10.3. The molecule has 0 bridgehead atoms. The van der Waals surface area contributed by atoms with Crippen LogP contribution in [0.5, 0.6) is 0 Å². The van der Waals surface area contributed by atoms with Gasteiger partial charge in [0.1, 0.15) is 12.3 Å². The van der Waals surface area contributed by atoms with E-state index in [0.29, 0.717) is 22.9 Å². The third-order valence-corrected chi connectivity index (χ3v) is 4.42. The van der Waals surface area contributed by atoms with E-state index in [9.17, 15) is 9.59 Å². The number of aromatic nitrogens is 2. The van der Waals surface area contributed by atoms with Gasteiger partial charge in [-0.1, -0.05) is 35.9 Å². The Labute approximate surface area is 173 Å². The quantitative estimate of drug-likeness (QED) is 0.639. The van der Waals surface area contributed by atoms with Crippen LogP contribution in [-0.4, -0.2) is 21.8 Å². The maximum atomic E-state index is 12.2. The summed E-state index contributed by atoms with van der Waals surface area (Å²) in [7, 11) is 1.73. The summed E-state index contributed by atoms with van der Waals surface area (Å²) in [5.41, 5.74) is 3.64. The van der Waals surface area contributed by atoms with Gasteiger partial charge in [-0.05, 0) is 48.4 Å². The predicted molar refractivity (Wildman–Crippen MR) is 111 cm³/mol. The Morgan fingerprint density at radius 2 is 1.72 bits per heavy atom. The minimum Gasteiger partial charge on any atom is -0.444 e. The third kappa shape index (κ3) is 5.83. The highest BCUT2D eigenvalue weighted by molar-refractivity contribution is 6.30. The largest absolute Gasteiger partial charge is 0.444 e. The molecular formula is C21H21ClN4O3. The lowest BCUT2D eigenvalue weighted by Gasteiger charge is -2.09. The van der Waals surface area contributed by atoms with Gasteiger partial charge in [-0.15, -0.1) is 0 Å². The Morgan fingerprint density at radius 1 is 1.07 bits per heavy atom. The fourth-order valence-electron chi connectivity index (χ4n) is 2.69. The van der Waals surface area contributed by atoms with Crippen LogP contribution in [0.4, 0.5) is 10.5 Å². The van der Waals surface area contributed by atoms with Gasteiger partial charge in [0, 0.05) is 24.3 Å². The molecule has 2 amide bonds. The first-order chi connectivity index (χ1) is 13.9. The van der Waals surface area contributed by atoms with E-state index in [1.54, 1.807) is 54.2 Å². The molecule has 0 unspecified atom stereocenters. The van der Waals surface area contributed by atoms with E-state index in [1.165, 1.54) is 0 Å². The van der Waals surface area contributed by atoms with Crippen molar-refractivity contribution in [3.8, 4) is 0 Å². The van der Waals surface area contributed by atoms with Crippen LogP contribution in [0.1, 0.15) is 27.3 Å². The maximum Gasteiger partial charge on any atom is 0.411 e. The van der Waals surface area contributed by atoms with Crippen LogP contribution in [0.25, 0.3) is 0 Å². The van der Waals surface area contributed by atoms with Crippen molar-refractivity contribution in [1.82, 2.24) is 15.1 Å². The molecule has 7 nitrogen and oxygen atoms in total. The van der Waals surface area contributed by atoms with Crippen LogP contribution >= 0.6 is 11.6 Å². The Hall–Kier alpha value is -3.32. The van der Waals surface area contributed by atoms with Crippen LogP contribution in [0, 0.1) is 6.92 Å². The highest BCUT2D eigenvalue weighted by Gasteiger charge is 2.11. The number of anilines is 1. The zero-order chi connectivity index (χ0) is 20.8. The van der Waals surface area contributed by atoms with Crippen molar-refractivity contribution in [3.05, 3.63) is 82.1 Å². The second kappa shape index (κ2) is 9.25. The van der Waals surface area contributed by atoms with Gasteiger partial charge in [-0.25, -0.2) is 4.79 Å². The fourth-order valence-corrected chi connectivity index (χ4v) is 2.81. The third-order valence-electron chi connectivity index (χ3n) is 4.17. The maximum absolute atomic E-state index is 12.2. The number of nitrogens with one attached hydrogen (secondary N) is 2. The van der Waals surface area contributed by atoms with Gasteiger partial charge in [-0.3, -0.25) is 14.8 Å². The number of rotatable bonds is 6. The van der Waals surface area contributed by atoms with Crippen molar-refractivity contribution in [2.45, 2.75) is 20.1 Å². The number of hydrogen-bond acceptors (Lipinski definition) is 4. The first-order valence-corrected chi connectivity index (χ1v) is 9.34. The van der Waals surface area contributed by atoms with Gasteiger partial charge in [0.2, 0.25) is 0 Å². The van der Waals surface area contributed by atoms with Crippen LogP contribution < -0.4 is 10.6 Å². The lowest BCUT2D eigenvalue weighted by atomic mass is 10.2. The van der Waals surface area contributed by atoms with Crippen molar-refractivity contribution in [1.29, 1.82) is 0 Å². The van der Waals surface area contributed by atoms with Crippen molar-refractivity contribution in [2.75, 3.05) is 5.32 Å². The summed E-state index contributed by atoms with van der Waals surface area (Å²) in [5.74, 6) is -0.193. The molecule has 0 aliphatic carbocycles. The van der Waals surface area contributed by atoms with Crippen LogP contribution in [0.3, 0.4) is 0 Å². The fraction of sp³-hybridized carbons (Fsp3) is 0.190. The van der Waals surface area contributed by atoms with Gasteiger partial charge in [0.25, 0.3) is 5.91 Å². The molecule has 2 aromatic carbocycles. The number of carbonyl (C=O) groups excluding carboxylic acids is 2. The average molecular weight is 413 g/mol. The highest BCUT2D eigenvalue weighted by Crippen LogP contribution is 2.13. The number of hydrogen-bond donors (Lipinski definition) is 2. The Bertz CT molecular complexity index is 998. The van der Waals surface area contributed by atoms with Gasteiger partial charge in [0.05, 0.1) is 5.69 Å². The smallest absolute Gasteiger partial charge is 0.411 e. The van der Waals surface area contributed by atoms with Gasteiger partial charge >= 0.3 is 6.09 Å². The van der Waals surface area contributed by atoms with Gasteiger partial charge < -0.3 is 10.1 Å². The molecule has 1 aromatic heterocycles. The van der Waals surface area contributed by atoms with E-state index in [-0.39, 0.29) is 12.5 Å². The molecular weight excluding hydrogens is 392 g/mol. The standard InChI is InChI=1S/C21H21ClN4O3/c1-14-11-19(26(2)25-14)20(27)23-12-15-5-9-18(10-6-15)24-21(28)29-13-16-3-7-17(22)8-4-16/h3-11H,12-13H2,1-2H3,(H,23,27)(H,24,28). The van der Waals surface area contributed by atoms with Crippen LogP contribution in [-0.2, 0) is 24.9 Å². The molecule has 3 aromatic rings. The van der Waals surface area contributed by atoms with E-state index < -0.39 is 6.09 Å². The molecule has 2 N–H and O–H groups in total. The molecule has 150 valence electrons. The van der Waals surface area contributed by atoms with Crippen molar-refractivity contribution in [2.24, 2.45) is 7.05 Å². The molecule has 0 radical (unpaired) electrons. The molecule has 0 aliphatic heterocycles. The first-order valence-electron chi connectivity index (χ1n) is 8.97. The van der Waals surface area contributed by atoms with E-state index in [0.717, 1.165) is 16.8 Å². The van der Waals surface area contributed by atoms with Crippen molar-refractivity contribution < 1.29 is 14.3 Å². The molecule has 0 spiro atoms. The summed E-state index contributed by atoms with van der Waals surface area (Å²) in [6.45, 7) is 2.36. The molecule has 8 heteroatoms. The lowest BCUT2D eigenvalue weighted by molar-refractivity contribution is 0.0941. The minimum absolute atomic E-state index is 0.153. The van der Waals surface area contributed by atoms with Crippen LogP contribution in [0.2, 0.25) is 5.02 Å². The second-order valence-electron chi connectivity index (χ2n) is 6.50. The molecule has 29 heavy (non-hydrogen) atoms. The minimum atomic E-state index is -0.549. The molecule has 3 rings (SSSR count). The van der Waals surface area contributed by atoms with Crippen molar-refractivity contribution in [3.63, 3.8) is 0 Å². The number of ether oxygens (including phenoxy) is 1. The summed E-state index contributed by atoms with van der Waals surface area (Å²) >= 11 is 5.83.